The van der Waals surface area contributed by atoms with Crippen LogP contribution in [0.15, 0.2) is 67.1 Å². The molecule has 0 fully saturated rings. The highest BCUT2D eigenvalue weighted by atomic mass is 35.5. The average molecular weight is 324 g/mol. The zero-order chi connectivity index (χ0) is 16.1. The fraction of sp³-hybridized carbons (Fsp3) is 0.0556. The Balaban J connectivity index is 1.70. The lowest BCUT2D eigenvalue weighted by Crippen LogP contribution is -2.22. The first-order valence-electron chi connectivity index (χ1n) is 7.12. The summed E-state index contributed by atoms with van der Waals surface area (Å²) in [5, 5.41) is 3.45. The summed E-state index contributed by atoms with van der Waals surface area (Å²) in [6.45, 7) is 0.445. The summed E-state index contributed by atoms with van der Waals surface area (Å²) in [7, 11) is 0. The van der Waals surface area contributed by atoms with Crippen LogP contribution in [0, 0.1) is 0 Å². The van der Waals surface area contributed by atoms with E-state index >= 15 is 0 Å². The van der Waals surface area contributed by atoms with Crippen LogP contribution < -0.4 is 5.32 Å². The summed E-state index contributed by atoms with van der Waals surface area (Å²) in [4.78, 5) is 20.4. The van der Waals surface area contributed by atoms with Gasteiger partial charge in [0.15, 0.2) is 0 Å². The smallest absolute Gasteiger partial charge is 0.251 e. The van der Waals surface area contributed by atoms with Crippen molar-refractivity contribution >= 4 is 17.5 Å². The third-order valence-electron chi connectivity index (χ3n) is 3.35. The highest BCUT2D eigenvalue weighted by Gasteiger charge is 2.08. The standard InChI is InChI=1S/C18H14ClN3O/c19-16-4-2-10-21-17(16)14-5-7-15(8-6-14)18(23)22-12-13-3-1-9-20-11-13/h1-11H,12H2,(H,22,23). The van der Waals surface area contributed by atoms with Crippen LogP contribution in [0.2, 0.25) is 5.02 Å². The minimum atomic E-state index is -0.132. The fourth-order valence-electron chi connectivity index (χ4n) is 2.16. The third-order valence-corrected chi connectivity index (χ3v) is 3.66. The molecule has 1 N–H and O–H groups in total. The van der Waals surface area contributed by atoms with Crippen LogP contribution in [-0.4, -0.2) is 15.9 Å². The fourth-order valence-corrected chi connectivity index (χ4v) is 2.40. The molecule has 0 saturated carbocycles. The molecule has 0 spiro atoms. The second kappa shape index (κ2) is 7.03. The molecule has 0 atom stereocenters. The number of pyridine rings is 2. The Morgan fingerprint density at radius 3 is 2.52 bits per heavy atom. The molecule has 0 unspecified atom stereocenters. The summed E-state index contributed by atoms with van der Waals surface area (Å²) >= 11 is 6.13. The topological polar surface area (TPSA) is 54.9 Å². The SMILES string of the molecule is O=C(NCc1cccnc1)c1ccc(-c2ncccc2Cl)cc1. The first-order chi connectivity index (χ1) is 11.2. The van der Waals surface area contributed by atoms with Crippen LogP contribution in [0.25, 0.3) is 11.3 Å². The van der Waals surface area contributed by atoms with Crippen LogP contribution in [0.5, 0.6) is 0 Å². The number of hydrogen-bond acceptors (Lipinski definition) is 3. The number of nitrogens with one attached hydrogen (secondary N) is 1. The van der Waals surface area contributed by atoms with Gasteiger partial charge >= 0.3 is 0 Å². The van der Waals surface area contributed by atoms with Crippen LogP contribution >= 0.6 is 11.6 Å². The van der Waals surface area contributed by atoms with E-state index in [1.807, 2.05) is 24.3 Å². The normalized spacial score (nSPS) is 10.3. The first kappa shape index (κ1) is 15.2. The van der Waals surface area contributed by atoms with Gasteiger partial charge in [0.25, 0.3) is 5.91 Å². The van der Waals surface area contributed by atoms with Crippen molar-refractivity contribution in [2.45, 2.75) is 6.54 Å². The van der Waals surface area contributed by atoms with Crippen molar-refractivity contribution in [2.75, 3.05) is 0 Å². The van der Waals surface area contributed by atoms with Gasteiger partial charge in [0.05, 0.1) is 10.7 Å². The number of halogens is 1. The van der Waals surface area contributed by atoms with Crippen molar-refractivity contribution in [3.05, 3.63) is 83.3 Å². The Bertz CT molecular complexity index is 804. The predicted octanol–water partition coefficient (Wildman–Crippen LogP) is 3.73. The van der Waals surface area contributed by atoms with Gasteiger partial charge in [0.1, 0.15) is 0 Å². The van der Waals surface area contributed by atoms with Crippen molar-refractivity contribution < 1.29 is 4.79 Å². The number of carbonyl (C=O) groups is 1. The maximum Gasteiger partial charge on any atom is 0.251 e. The summed E-state index contributed by atoms with van der Waals surface area (Å²) in [5.41, 5.74) is 3.12. The molecule has 5 heteroatoms. The molecular weight excluding hydrogens is 310 g/mol. The minimum Gasteiger partial charge on any atom is -0.348 e. The molecule has 0 saturated heterocycles. The van der Waals surface area contributed by atoms with E-state index in [2.05, 4.69) is 15.3 Å². The molecule has 0 aliphatic carbocycles. The second-order valence-electron chi connectivity index (χ2n) is 4.96. The molecular formula is C18H14ClN3O. The zero-order valence-corrected chi connectivity index (χ0v) is 13.0. The van der Waals surface area contributed by atoms with E-state index in [1.165, 1.54) is 0 Å². The molecule has 1 amide bonds. The second-order valence-corrected chi connectivity index (χ2v) is 5.36. The zero-order valence-electron chi connectivity index (χ0n) is 12.2. The Morgan fingerprint density at radius 2 is 1.83 bits per heavy atom. The van der Waals surface area contributed by atoms with E-state index in [-0.39, 0.29) is 5.91 Å². The number of nitrogens with zero attached hydrogens (tertiary/aromatic N) is 2. The van der Waals surface area contributed by atoms with Crippen LogP contribution in [-0.2, 0) is 6.54 Å². The predicted molar refractivity (Wildman–Crippen MR) is 90.1 cm³/mol. The summed E-state index contributed by atoms with van der Waals surface area (Å²) < 4.78 is 0. The van der Waals surface area contributed by atoms with Crippen LogP contribution in [0.4, 0.5) is 0 Å². The quantitative estimate of drug-likeness (QED) is 0.796. The Kier molecular flexibility index (Phi) is 4.64. The van der Waals surface area contributed by atoms with Gasteiger partial charge in [-0.3, -0.25) is 14.8 Å². The number of amides is 1. The third kappa shape index (κ3) is 3.73. The van der Waals surface area contributed by atoms with E-state index in [1.54, 1.807) is 42.9 Å². The van der Waals surface area contributed by atoms with Gasteiger partial charge in [0.2, 0.25) is 0 Å². The van der Waals surface area contributed by atoms with E-state index in [9.17, 15) is 4.79 Å². The highest BCUT2D eigenvalue weighted by Crippen LogP contribution is 2.25. The Labute approximate surface area is 139 Å². The van der Waals surface area contributed by atoms with Gasteiger partial charge in [-0.2, -0.15) is 0 Å². The number of benzene rings is 1. The van der Waals surface area contributed by atoms with Crippen molar-refractivity contribution in [1.82, 2.24) is 15.3 Å². The van der Waals surface area contributed by atoms with Crippen LogP contribution in [0.1, 0.15) is 15.9 Å². The van der Waals surface area contributed by atoms with Crippen LogP contribution in [0.3, 0.4) is 0 Å². The number of rotatable bonds is 4. The molecule has 0 aliphatic heterocycles. The van der Waals surface area contributed by atoms with E-state index < -0.39 is 0 Å². The molecule has 2 aromatic heterocycles. The summed E-state index contributed by atoms with van der Waals surface area (Å²) in [5.74, 6) is -0.132. The van der Waals surface area contributed by atoms with E-state index in [0.29, 0.717) is 22.8 Å². The Morgan fingerprint density at radius 1 is 1.04 bits per heavy atom. The molecule has 23 heavy (non-hydrogen) atoms. The van der Waals surface area contributed by atoms with Gasteiger partial charge in [-0.1, -0.05) is 29.8 Å². The molecule has 0 radical (unpaired) electrons. The molecule has 3 rings (SSSR count). The van der Waals surface area contributed by atoms with Crippen molar-refractivity contribution in [3.63, 3.8) is 0 Å². The number of carbonyl (C=O) groups excluding carboxylic acids is 1. The monoisotopic (exact) mass is 323 g/mol. The van der Waals surface area contributed by atoms with Gasteiger partial charge in [-0.15, -0.1) is 0 Å². The maximum absolute atomic E-state index is 12.2. The Hall–Kier alpha value is -2.72. The lowest BCUT2D eigenvalue weighted by atomic mass is 10.1. The largest absolute Gasteiger partial charge is 0.348 e. The summed E-state index contributed by atoms with van der Waals surface area (Å²) in [6.07, 6.45) is 5.12. The highest BCUT2D eigenvalue weighted by molar-refractivity contribution is 6.33. The molecule has 114 valence electrons. The number of hydrogen-bond donors (Lipinski definition) is 1. The maximum atomic E-state index is 12.2. The summed E-state index contributed by atoms with van der Waals surface area (Å²) in [6, 6.07) is 14.5. The van der Waals surface area contributed by atoms with Gasteiger partial charge in [-0.05, 0) is 35.9 Å². The lowest BCUT2D eigenvalue weighted by Gasteiger charge is -2.07. The lowest BCUT2D eigenvalue weighted by molar-refractivity contribution is 0.0951. The van der Waals surface area contributed by atoms with Gasteiger partial charge < -0.3 is 5.32 Å². The van der Waals surface area contributed by atoms with E-state index in [4.69, 9.17) is 11.6 Å². The van der Waals surface area contributed by atoms with Crippen molar-refractivity contribution in [1.29, 1.82) is 0 Å². The molecule has 2 heterocycles. The molecule has 3 aromatic rings. The first-order valence-corrected chi connectivity index (χ1v) is 7.50. The van der Waals surface area contributed by atoms with Gasteiger partial charge in [0, 0.05) is 36.3 Å². The van der Waals surface area contributed by atoms with Crippen molar-refractivity contribution in [2.24, 2.45) is 0 Å². The molecule has 4 nitrogen and oxygen atoms in total. The molecule has 0 bridgehead atoms. The van der Waals surface area contributed by atoms with Crippen molar-refractivity contribution in [3.8, 4) is 11.3 Å². The number of aromatic nitrogens is 2. The molecule has 1 aromatic carbocycles. The minimum absolute atomic E-state index is 0.132. The molecule has 0 aliphatic rings. The van der Waals surface area contributed by atoms with E-state index in [0.717, 1.165) is 11.1 Å². The van der Waals surface area contributed by atoms with Gasteiger partial charge in [-0.25, -0.2) is 0 Å². The average Bonchev–Trinajstić information content (AvgIpc) is 2.61.